The van der Waals surface area contributed by atoms with E-state index in [-0.39, 0.29) is 17.6 Å². The number of nitrogens with zero attached hydrogens (tertiary/aromatic N) is 5. The second-order valence-electron chi connectivity index (χ2n) is 8.34. The van der Waals surface area contributed by atoms with Gasteiger partial charge >= 0.3 is 0 Å². The smallest absolute Gasteiger partial charge is 0.225 e. The number of benzene rings is 2. The summed E-state index contributed by atoms with van der Waals surface area (Å²) in [5.74, 6) is 1.11. The molecule has 174 valence electrons. The van der Waals surface area contributed by atoms with Gasteiger partial charge in [0.15, 0.2) is 5.65 Å². The zero-order valence-electron chi connectivity index (χ0n) is 18.8. The first-order valence-electron chi connectivity index (χ1n) is 11.2. The number of rotatable bonds is 6. The topological polar surface area (TPSA) is 85.2 Å². The number of piperidine rings is 1. The number of amides is 1. The third-order valence-corrected chi connectivity index (χ3v) is 6.08. The molecular formula is C25H25FN6O2. The highest BCUT2D eigenvalue weighted by atomic mass is 19.1. The Hall–Kier alpha value is -4.01. The molecule has 34 heavy (non-hydrogen) atoms. The third kappa shape index (κ3) is 4.54. The number of nitrogens with one attached hydrogen (secondary N) is 1. The summed E-state index contributed by atoms with van der Waals surface area (Å²) in [5.41, 5.74) is 2.28. The van der Waals surface area contributed by atoms with E-state index in [1.54, 1.807) is 23.9 Å². The van der Waals surface area contributed by atoms with Crippen LogP contribution in [0.2, 0.25) is 0 Å². The fourth-order valence-electron chi connectivity index (χ4n) is 4.30. The van der Waals surface area contributed by atoms with Crippen LogP contribution in [0.4, 0.5) is 10.2 Å². The second kappa shape index (κ2) is 9.46. The molecule has 2 aromatic carbocycles. The van der Waals surface area contributed by atoms with Gasteiger partial charge in [0.2, 0.25) is 5.91 Å². The van der Waals surface area contributed by atoms with Gasteiger partial charge in [0.1, 0.15) is 23.7 Å². The SMILES string of the molecule is COc1cccc(CNC(=O)C2CCCN(c3ncnc4nn(-c5ccc(F)cc5)cc34)C2)c1. The summed E-state index contributed by atoms with van der Waals surface area (Å²) in [4.78, 5) is 23.9. The first-order valence-corrected chi connectivity index (χ1v) is 11.2. The number of halogens is 1. The molecule has 0 bridgehead atoms. The van der Waals surface area contributed by atoms with Gasteiger partial charge in [-0.25, -0.2) is 19.0 Å². The van der Waals surface area contributed by atoms with Crippen LogP contribution in [-0.2, 0) is 11.3 Å². The van der Waals surface area contributed by atoms with Crippen molar-refractivity contribution in [3.8, 4) is 11.4 Å². The molecule has 0 aliphatic carbocycles. The van der Waals surface area contributed by atoms with E-state index in [0.717, 1.165) is 47.6 Å². The van der Waals surface area contributed by atoms with E-state index in [1.165, 1.54) is 18.5 Å². The Morgan fingerprint density at radius 1 is 1.21 bits per heavy atom. The van der Waals surface area contributed by atoms with Crippen molar-refractivity contribution in [1.82, 2.24) is 25.1 Å². The molecule has 0 radical (unpaired) electrons. The number of ether oxygens (including phenoxy) is 1. The van der Waals surface area contributed by atoms with Gasteiger partial charge in [-0.3, -0.25) is 4.79 Å². The number of fused-ring (bicyclic) bond motifs is 1. The molecule has 1 aliphatic heterocycles. The van der Waals surface area contributed by atoms with Gasteiger partial charge in [0.25, 0.3) is 0 Å². The fraction of sp³-hybridized carbons (Fsp3) is 0.280. The van der Waals surface area contributed by atoms with Gasteiger partial charge < -0.3 is 15.0 Å². The molecule has 0 saturated carbocycles. The summed E-state index contributed by atoms with van der Waals surface area (Å²) in [6.07, 6.45) is 5.05. The summed E-state index contributed by atoms with van der Waals surface area (Å²) in [6.45, 7) is 1.82. The zero-order chi connectivity index (χ0) is 23.5. The molecule has 2 aromatic heterocycles. The number of carbonyl (C=O) groups is 1. The first-order chi connectivity index (χ1) is 16.6. The monoisotopic (exact) mass is 460 g/mol. The molecule has 4 aromatic rings. The van der Waals surface area contributed by atoms with Crippen LogP contribution in [0.1, 0.15) is 18.4 Å². The van der Waals surface area contributed by atoms with E-state index < -0.39 is 0 Å². The van der Waals surface area contributed by atoms with Crippen LogP contribution in [0, 0.1) is 11.7 Å². The number of aromatic nitrogens is 4. The highest BCUT2D eigenvalue weighted by Crippen LogP contribution is 2.28. The van der Waals surface area contributed by atoms with Crippen molar-refractivity contribution in [2.45, 2.75) is 19.4 Å². The first kappa shape index (κ1) is 21.8. The minimum atomic E-state index is -0.301. The van der Waals surface area contributed by atoms with Gasteiger partial charge in [0.05, 0.1) is 24.1 Å². The Bertz CT molecular complexity index is 1310. The Morgan fingerprint density at radius 3 is 2.88 bits per heavy atom. The molecule has 1 amide bonds. The number of hydrogen-bond donors (Lipinski definition) is 1. The van der Waals surface area contributed by atoms with Crippen LogP contribution in [0.3, 0.4) is 0 Å². The molecule has 1 atom stereocenters. The average molecular weight is 461 g/mol. The van der Waals surface area contributed by atoms with Gasteiger partial charge in [-0.1, -0.05) is 12.1 Å². The van der Waals surface area contributed by atoms with Crippen molar-refractivity contribution in [3.63, 3.8) is 0 Å². The molecule has 8 nitrogen and oxygen atoms in total. The zero-order valence-corrected chi connectivity index (χ0v) is 18.8. The maximum Gasteiger partial charge on any atom is 0.225 e. The van der Waals surface area contributed by atoms with E-state index in [1.807, 2.05) is 30.5 Å². The fourth-order valence-corrected chi connectivity index (χ4v) is 4.30. The minimum absolute atomic E-state index is 0.0276. The predicted octanol–water partition coefficient (Wildman–Crippen LogP) is 3.50. The largest absolute Gasteiger partial charge is 0.497 e. The van der Waals surface area contributed by atoms with Crippen LogP contribution in [-0.4, -0.2) is 45.9 Å². The van der Waals surface area contributed by atoms with Crippen LogP contribution in [0.25, 0.3) is 16.7 Å². The van der Waals surface area contributed by atoms with E-state index in [9.17, 15) is 9.18 Å². The summed E-state index contributed by atoms with van der Waals surface area (Å²) in [6, 6.07) is 13.8. The van der Waals surface area contributed by atoms with Crippen molar-refractivity contribution in [3.05, 3.63) is 72.4 Å². The highest BCUT2D eigenvalue weighted by molar-refractivity contribution is 5.87. The lowest BCUT2D eigenvalue weighted by molar-refractivity contribution is -0.125. The molecular weight excluding hydrogens is 435 g/mol. The standard InChI is InChI=1S/C25H25FN6O2/c1-34-21-6-2-4-17(12-21)13-27-25(33)18-5-3-11-31(14-18)24-22-15-32(30-23(22)28-16-29-24)20-9-7-19(26)8-10-20/h2,4,6-10,12,15-16,18H,3,5,11,13-14H2,1H3,(H,27,33). The van der Waals surface area contributed by atoms with Gasteiger partial charge in [-0.15, -0.1) is 5.10 Å². The van der Waals surface area contributed by atoms with E-state index in [0.29, 0.717) is 18.7 Å². The van der Waals surface area contributed by atoms with Gasteiger partial charge in [0, 0.05) is 25.8 Å². The maximum atomic E-state index is 13.3. The number of carbonyl (C=O) groups excluding carboxylic acids is 1. The van der Waals surface area contributed by atoms with Crippen LogP contribution >= 0.6 is 0 Å². The average Bonchev–Trinajstić information content (AvgIpc) is 3.32. The van der Waals surface area contributed by atoms with Gasteiger partial charge in [-0.2, -0.15) is 0 Å². The van der Waals surface area contributed by atoms with Crippen molar-refractivity contribution in [1.29, 1.82) is 0 Å². The Kier molecular flexibility index (Phi) is 6.07. The molecule has 1 fully saturated rings. The highest BCUT2D eigenvalue weighted by Gasteiger charge is 2.28. The molecule has 9 heteroatoms. The molecule has 3 heterocycles. The van der Waals surface area contributed by atoms with Crippen molar-refractivity contribution >= 4 is 22.8 Å². The lowest BCUT2D eigenvalue weighted by Crippen LogP contribution is -2.43. The Labute approximate surface area is 196 Å². The van der Waals surface area contributed by atoms with E-state index in [4.69, 9.17) is 4.74 Å². The third-order valence-electron chi connectivity index (χ3n) is 6.08. The lowest BCUT2D eigenvalue weighted by Gasteiger charge is -2.33. The number of methoxy groups -OCH3 is 1. The minimum Gasteiger partial charge on any atom is -0.497 e. The summed E-state index contributed by atoms with van der Waals surface area (Å²) >= 11 is 0. The predicted molar refractivity (Wildman–Crippen MR) is 126 cm³/mol. The normalized spacial score (nSPS) is 15.9. The Morgan fingerprint density at radius 2 is 2.06 bits per heavy atom. The quantitative estimate of drug-likeness (QED) is 0.474. The maximum absolute atomic E-state index is 13.3. The second-order valence-corrected chi connectivity index (χ2v) is 8.34. The molecule has 1 saturated heterocycles. The van der Waals surface area contributed by atoms with Crippen LogP contribution in [0.5, 0.6) is 5.75 Å². The molecule has 1 aliphatic rings. The van der Waals surface area contributed by atoms with Gasteiger partial charge in [-0.05, 0) is 54.8 Å². The van der Waals surface area contributed by atoms with Crippen LogP contribution in [0.15, 0.2) is 61.1 Å². The summed E-state index contributed by atoms with van der Waals surface area (Å²) in [7, 11) is 1.63. The summed E-state index contributed by atoms with van der Waals surface area (Å²) < 4.78 is 20.2. The van der Waals surface area contributed by atoms with E-state index in [2.05, 4.69) is 25.3 Å². The molecule has 1 unspecified atom stereocenters. The van der Waals surface area contributed by atoms with E-state index >= 15 is 0 Å². The Balaban J connectivity index is 1.31. The molecule has 5 rings (SSSR count). The number of hydrogen-bond acceptors (Lipinski definition) is 6. The molecule has 1 N–H and O–H groups in total. The van der Waals surface area contributed by atoms with Crippen molar-refractivity contribution < 1.29 is 13.9 Å². The van der Waals surface area contributed by atoms with Crippen molar-refractivity contribution in [2.24, 2.45) is 5.92 Å². The number of anilines is 1. The molecule has 0 spiro atoms. The van der Waals surface area contributed by atoms with Crippen molar-refractivity contribution in [2.75, 3.05) is 25.1 Å². The lowest BCUT2D eigenvalue weighted by atomic mass is 9.97. The van der Waals surface area contributed by atoms with Crippen LogP contribution < -0.4 is 15.0 Å². The summed E-state index contributed by atoms with van der Waals surface area (Å²) in [5, 5.41) is 8.38.